The van der Waals surface area contributed by atoms with Crippen molar-refractivity contribution in [3.63, 3.8) is 0 Å². The van der Waals surface area contributed by atoms with E-state index in [9.17, 15) is 4.79 Å². The molecule has 2 unspecified atom stereocenters. The molecule has 4 rings (SSSR count). The Morgan fingerprint density at radius 3 is 2.05 bits per heavy atom. The molecule has 0 aliphatic rings. The minimum Gasteiger partial charge on any atom is -0.497 e. The number of aryl methyl sites for hydroxylation is 1. The SMILES string of the molecule is COc1ccc(C(N)c2ccc(OCC(=O)NC(c3ccccc3)c3ccc(C)cc3)cc2)c(OC)c1. The molecule has 190 valence electrons. The number of rotatable bonds is 10. The summed E-state index contributed by atoms with van der Waals surface area (Å²) >= 11 is 0. The zero-order valence-corrected chi connectivity index (χ0v) is 21.3. The number of ether oxygens (including phenoxy) is 3. The molecule has 3 N–H and O–H groups in total. The third-order valence-electron chi connectivity index (χ3n) is 6.23. The molecule has 37 heavy (non-hydrogen) atoms. The van der Waals surface area contributed by atoms with Crippen LogP contribution in [-0.4, -0.2) is 26.7 Å². The van der Waals surface area contributed by atoms with Crippen molar-refractivity contribution in [2.24, 2.45) is 5.73 Å². The van der Waals surface area contributed by atoms with E-state index in [-0.39, 0.29) is 24.6 Å². The van der Waals surface area contributed by atoms with Crippen LogP contribution in [0.5, 0.6) is 17.2 Å². The van der Waals surface area contributed by atoms with Crippen LogP contribution in [0.2, 0.25) is 0 Å². The lowest BCUT2D eigenvalue weighted by molar-refractivity contribution is -0.123. The van der Waals surface area contributed by atoms with Gasteiger partial charge in [-0.1, -0.05) is 72.3 Å². The summed E-state index contributed by atoms with van der Waals surface area (Å²) in [6.07, 6.45) is 0. The maximum absolute atomic E-state index is 12.8. The highest BCUT2D eigenvalue weighted by molar-refractivity contribution is 5.78. The molecular formula is C31H32N2O4. The van der Waals surface area contributed by atoms with Crippen LogP contribution < -0.4 is 25.3 Å². The number of hydrogen-bond acceptors (Lipinski definition) is 5. The van der Waals surface area contributed by atoms with Gasteiger partial charge in [-0.05, 0) is 47.9 Å². The summed E-state index contributed by atoms with van der Waals surface area (Å²) in [6.45, 7) is 1.94. The van der Waals surface area contributed by atoms with Gasteiger partial charge in [-0.25, -0.2) is 0 Å². The van der Waals surface area contributed by atoms with Crippen LogP contribution in [0.3, 0.4) is 0 Å². The van der Waals surface area contributed by atoms with E-state index < -0.39 is 0 Å². The van der Waals surface area contributed by atoms with Gasteiger partial charge in [0.2, 0.25) is 0 Å². The van der Waals surface area contributed by atoms with E-state index >= 15 is 0 Å². The van der Waals surface area contributed by atoms with Crippen molar-refractivity contribution in [2.75, 3.05) is 20.8 Å². The molecule has 4 aromatic rings. The normalized spacial score (nSPS) is 12.3. The fourth-order valence-corrected chi connectivity index (χ4v) is 4.14. The molecule has 0 radical (unpaired) electrons. The van der Waals surface area contributed by atoms with E-state index in [0.29, 0.717) is 17.2 Å². The van der Waals surface area contributed by atoms with Crippen molar-refractivity contribution >= 4 is 5.91 Å². The number of carbonyl (C=O) groups is 1. The van der Waals surface area contributed by atoms with Gasteiger partial charge in [-0.3, -0.25) is 4.79 Å². The highest BCUT2D eigenvalue weighted by Gasteiger charge is 2.18. The Hall–Kier alpha value is -4.29. The Kier molecular flexibility index (Phi) is 8.44. The molecule has 1 amide bonds. The fourth-order valence-electron chi connectivity index (χ4n) is 4.14. The monoisotopic (exact) mass is 496 g/mol. The molecule has 0 aliphatic carbocycles. The first-order valence-corrected chi connectivity index (χ1v) is 12.1. The van der Waals surface area contributed by atoms with Crippen molar-refractivity contribution in [3.8, 4) is 17.2 Å². The summed E-state index contributed by atoms with van der Waals surface area (Å²) in [5.74, 6) is 1.73. The number of nitrogens with two attached hydrogens (primary N) is 1. The van der Waals surface area contributed by atoms with Gasteiger partial charge in [-0.2, -0.15) is 0 Å². The van der Waals surface area contributed by atoms with Crippen LogP contribution in [0.4, 0.5) is 0 Å². The summed E-state index contributed by atoms with van der Waals surface area (Å²) in [5.41, 5.74) is 11.4. The fraction of sp³-hybridized carbons (Fsp3) is 0.194. The minimum absolute atomic E-state index is 0.104. The van der Waals surface area contributed by atoms with Gasteiger partial charge in [0.15, 0.2) is 6.61 Å². The average molecular weight is 497 g/mol. The van der Waals surface area contributed by atoms with E-state index in [1.165, 1.54) is 5.56 Å². The lowest BCUT2D eigenvalue weighted by atomic mass is 9.98. The average Bonchev–Trinajstić information content (AvgIpc) is 2.95. The molecule has 0 spiro atoms. The molecule has 0 saturated heterocycles. The van der Waals surface area contributed by atoms with E-state index in [1.807, 2.05) is 104 Å². The third kappa shape index (κ3) is 6.48. The van der Waals surface area contributed by atoms with Gasteiger partial charge in [0.25, 0.3) is 5.91 Å². The smallest absolute Gasteiger partial charge is 0.258 e. The second kappa shape index (κ2) is 12.1. The second-order valence-electron chi connectivity index (χ2n) is 8.77. The van der Waals surface area contributed by atoms with Crippen molar-refractivity contribution < 1.29 is 19.0 Å². The molecule has 2 atom stereocenters. The van der Waals surface area contributed by atoms with Crippen molar-refractivity contribution in [2.45, 2.75) is 19.0 Å². The van der Waals surface area contributed by atoms with Gasteiger partial charge in [0, 0.05) is 11.6 Å². The Morgan fingerprint density at radius 1 is 0.784 bits per heavy atom. The van der Waals surface area contributed by atoms with Crippen LogP contribution in [-0.2, 0) is 4.79 Å². The predicted octanol–water partition coefficient (Wildman–Crippen LogP) is 5.34. The number of hydrogen-bond donors (Lipinski definition) is 2. The summed E-state index contributed by atoms with van der Waals surface area (Å²) in [5, 5.41) is 3.10. The van der Waals surface area contributed by atoms with Gasteiger partial charge in [-0.15, -0.1) is 0 Å². The first-order valence-electron chi connectivity index (χ1n) is 12.1. The Balaban J connectivity index is 1.41. The molecule has 0 saturated carbocycles. The Bertz CT molecular complexity index is 1310. The predicted molar refractivity (Wildman–Crippen MR) is 145 cm³/mol. The molecule has 0 heterocycles. The minimum atomic E-state index is -0.389. The summed E-state index contributed by atoms with van der Waals surface area (Å²) < 4.78 is 16.5. The van der Waals surface area contributed by atoms with Crippen molar-refractivity contribution in [1.82, 2.24) is 5.32 Å². The zero-order valence-electron chi connectivity index (χ0n) is 21.3. The van der Waals surface area contributed by atoms with E-state index in [0.717, 1.165) is 22.3 Å². The number of benzene rings is 4. The van der Waals surface area contributed by atoms with Crippen molar-refractivity contribution in [1.29, 1.82) is 0 Å². The summed E-state index contributed by atoms with van der Waals surface area (Å²) in [6, 6.07) is 30.4. The third-order valence-corrected chi connectivity index (χ3v) is 6.23. The maximum atomic E-state index is 12.8. The van der Waals surface area contributed by atoms with Crippen molar-refractivity contribution in [3.05, 3.63) is 125 Å². The summed E-state index contributed by atoms with van der Waals surface area (Å²) in [4.78, 5) is 12.8. The number of carbonyl (C=O) groups excluding carboxylic acids is 1. The molecule has 6 heteroatoms. The van der Waals surface area contributed by atoms with Crippen LogP contribution in [0.25, 0.3) is 0 Å². The second-order valence-corrected chi connectivity index (χ2v) is 8.77. The highest BCUT2D eigenvalue weighted by atomic mass is 16.5. The van der Waals surface area contributed by atoms with Gasteiger partial charge < -0.3 is 25.3 Å². The standard InChI is InChI=1S/C31H32N2O4/c1-21-9-11-24(12-10-21)31(23-7-5-4-6-8-23)33-29(34)20-37-25-15-13-22(14-16-25)30(32)27-18-17-26(35-2)19-28(27)36-3/h4-19,30-31H,20,32H2,1-3H3,(H,33,34). The molecular weight excluding hydrogens is 464 g/mol. The maximum Gasteiger partial charge on any atom is 0.258 e. The quantitative estimate of drug-likeness (QED) is 0.310. The van der Waals surface area contributed by atoms with E-state index in [4.69, 9.17) is 19.9 Å². The number of methoxy groups -OCH3 is 2. The van der Waals surface area contributed by atoms with Gasteiger partial charge in [0.05, 0.1) is 26.3 Å². The molecule has 0 fully saturated rings. The van der Waals surface area contributed by atoms with E-state index in [2.05, 4.69) is 5.32 Å². The Labute approximate surface area is 218 Å². The lowest BCUT2D eigenvalue weighted by Crippen LogP contribution is -2.33. The Morgan fingerprint density at radius 2 is 1.41 bits per heavy atom. The largest absolute Gasteiger partial charge is 0.497 e. The number of amides is 1. The van der Waals surface area contributed by atoms with Crippen LogP contribution in [0.15, 0.2) is 97.1 Å². The lowest BCUT2D eigenvalue weighted by Gasteiger charge is -2.20. The van der Waals surface area contributed by atoms with Crippen LogP contribution >= 0.6 is 0 Å². The molecule has 4 aromatic carbocycles. The molecule has 6 nitrogen and oxygen atoms in total. The molecule has 0 bridgehead atoms. The first kappa shape index (κ1) is 25.8. The van der Waals surface area contributed by atoms with Crippen LogP contribution in [0, 0.1) is 6.92 Å². The topological polar surface area (TPSA) is 82.8 Å². The highest BCUT2D eigenvalue weighted by Crippen LogP contribution is 2.32. The van der Waals surface area contributed by atoms with Gasteiger partial charge >= 0.3 is 0 Å². The number of nitrogens with one attached hydrogen (secondary N) is 1. The molecule has 0 aromatic heterocycles. The van der Waals surface area contributed by atoms with Gasteiger partial charge in [0.1, 0.15) is 17.2 Å². The van der Waals surface area contributed by atoms with Crippen LogP contribution in [0.1, 0.15) is 39.9 Å². The first-order chi connectivity index (χ1) is 18.0. The molecule has 0 aliphatic heterocycles. The summed E-state index contributed by atoms with van der Waals surface area (Å²) in [7, 11) is 3.21. The van der Waals surface area contributed by atoms with E-state index in [1.54, 1.807) is 14.2 Å². The zero-order chi connectivity index (χ0) is 26.2.